The minimum absolute atomic E-state index is 0.0651. The van der Waals surface area contributed by atoms with Crippen LogP contribution in [0.2, 0.25) is 0 Å². The number of rotatable bonds is 5. The number of benzene rings is 1. The Kier molecular flexibility index (Phi) is 5.99. The lowest BCUT2D eigenvalue weighted by Crippen LogP contribution is -2.19. The highest BCUT2D eigenvalue weighted by Crippen LogP contribution is 2.29. The molecule has 1 N–H and O–H groups in total. The maximum absolute atomic E-state index is 11.7. The van der Waals surface area contributed by atoms with Crippen LogP contribution in [0.15, 0.2) is 33.8 Å². The van der Waals surface area contributed by atoms with E-state index < -0.39 is 0 Å². The van der Waals surface area contributed by atoms with E-state index in [9.17, 15) is 4.79 Å². The van der Waals surface area contributed by atoms with Crippen molar-refractivity contribution in [2.75, 3.05) is 0 Å². The van der Waals surface area contributed by atoms with Crippen LogP contribution >= 0.6 is 15.9 Å². The van der Waals surface area contributed by atoms with E-state index in [1.54, 1.807) is 6.21 Å². The van der Waals surface area contributed by atoms with Crippen molar-refractivity contribution in [1.29, 1.82) is 0 Å². The minimum atomic E-state index is -0.0651. The Morgan fingerprint density at radius 3 is 2.42 bits per heavy atom. The molecule has 5 heteroatoms. The molecule has 0 aliphatic heterocycles. The molecule has 24 heavy (non-hydrogen) atoms. The zero-order valence-electron chi connectivity index (χ0n) is 14.9. The highest BCUT2D eigenvalue weighted by atomic mass is 79.9. The lowest BCUT2D eigenvalue weighted by Gasteiger charge is -2.09. The molecule has 0 atom stereocenters. The van der Waals surface area contributed by atoms with Crippen molar-refractivity contribution in [2.45, 2.75) is 41.0 Å². The zero-order chi connectivity index (χ0) is 17.9. The molecule has 1 aromatic heterocycles. The number of hydrazone groups is 1. The second-order valence-electron chi connectivity index (χ2n) is 6.46. The predicted molar refractivity (Wildman–Crippen MR) is 103 cm³/mol. The summed E-state index contributed by atoms with van der Waals surface area (Å²) in [4.78, 5) is 11.7. The van der Waals surface area contributed by atoms with Gasteiger partial charge < -0.3 is 4.57 Å². The fourth-order valence-corrected chi connectivity index (χ4v) is 3.21. The van der Waals surface area contributed by atoms with Gasteiger partial charge in [-0.05, 0) is 54.8 Å². The van der Waals surface area contributed by atoms with Crippen LogP contribution in [0.4, 0.5) is 0 Å². The lowest BCUT2D eigenvalue weighted by atomic mass is 10.1. The van der Waals surface area contributed by atoms with Crippen LogP contribution in [0.5, 0.6) is 0 Å². The average Bonchev–Trinajstić information content (AvgIpc) is 2.71. The molecule has 0 spiro atoms. The summed E-state index contributed by atoms with van der Waals surface area (Å²) in [6, 6.07) is 8.41. The zero-order valence-corrected chi connectivity index (χ0v) is 16.4. The summed E-state index contributed by atoms with van der Waals surface area (Å²) in [5, 5.41) is 4.11. The van der Waals surface area contributed by atoms with E-state index in [4.69, 9.17) is 0 Å². The Balaban J connectivity index is 2.28. The largest absolute Gasteiger partial charge is 0.317 e. The minimum Gasteiger partial charge on any atom is -0.317 e. The average molecular weight is 390 g/mol. The van der Waals surface area contributed by atoms with Crippen molar-refractivity contribution in [3.05, 3.63) is 51.3 Å². The Morgan fingerprint density at radius 1 is 1.21 bits per heavy atom. The van der Waals surface area contributed by atoms with Crippen LogP contribution < -0.4 is 5.43 Å². The fraction of sp³-hybridized carbons (Fsp3) is 0.368. The van der Waals surface area contributed by atoms with Gasteiger partial charge in [-0.15, -0.1) is 0 Å². The summed E-state index contributed by atoms with van der Waals surface area (Å²) in [5.41, 5.74) is 8.08. The summed E-state index contributed by atoms with van der Waals surface area (Å²) in [6.07, 6.45) is 2.18. The molecule has 0 aliphatic rings. The highest BCUT2D eigenvalue weighted by molar-refractivity contribution is 9.10. The number of nitrogens with zero attached hydrogens (tertiary/aromatic N) is 2. The van der Waals surface area contributed by atoms with E-state index in [2.05, 4.69) is 76.1 Å². The highest BCUT2D eigenvalue weighted by Gasteiger charge is 2.15. The monoisotopic (exact) mass is 389 g/mol. The Bertz CT molecular complexity index is 758. The van der Waals surface area contributed by atoms with E-state index in [0.717, 1.165) is 27.1 Å². The van der Waals surface area contributed by atoms with Crippen molar-refractivity contribution < 1.29 is 4.79 Å². The molecule has 0 saturated heterocycles. The molecule has 0 fully saturated rings. The number of aromatic nitrogens is 1. The Morgan fingerprint density at radius 2 is 1.83 bits per heavy atom. The molecule has 128 valence electrons. The van der Waals surface area contributed by atoms with Gasteiger partial charge in [0.15, 0.2) is 0 Å². The van der Waals surface area contributed by atoms with Crippen LogP contribution in [0.3, 0.4) is 0 Å². The predicted octanol–water partition coefficient (Wildman–Crippen LogP) is 4.66. The molecular formula is C19H24BrN3O. The van der Waals surface area contributed by atoms with Crippen LogP contribution in [0.1, 0.15) is 42.8 Å². The van der Waals surface area contributed by atoms with E-state index in [1.807, 2.05) is 13.8 Å². The summed E-state index contributed by atoms with van der Waals surface area (Å²) in [5.74, 6) is 0.253. The van der Waals surface area contributed by atoms with Crippen LogP contribution in [0.25, 0.3) is 5.69 Å². The number of aryl methyl sites for hydroxylation is 1. The lowest BCUT2D eigenvalue weighted by molar-refractivity contribution is -0.121. The summed E-state index contributed by atoms with van der Waals surface area (Å²) < 4.78 is 3.17. The van der Waals surface area contributed by atoms with Crippen molar-refractivity contribution >= 4 is 28.1 Å². The van der Waals surface area contributed by atoms with Gasteiger partial charge in [0.25, 0.3) is 0 Å². The molecule has 0 aliphatic carbocycles. The van der Waals surface area contributed by atoms with Crippen molar-refractivity contribution in [3.63, 3.8) is 0 Å². The first-order valence-electron chi connectivity index (χ1n) is 8.07. The molecule has 0 bridgehead atoms. The summed E-state index contributed by atoms with van der Waals surface area (Å²) in [6.45, 7) is 10.2. The van der Waals surface area contributed by atoms with Gasteiger partial charge in [-0.3, -0.25) is 4.79 Å². The van der Waals surface area contributed by atoms with Crippen molar-refractivity contribution in [3.8, 4) is 5.69 Å². The van der Waals surface area contributed by atoms with Gasteiger partial charge >= 0.3 is 0 Å². The molecule has 1 heterocycles. The summed E-state index contributed by atoms with van der Waals surface area (Å²) in [7, 11) is 0. The van der Waals surface area contributed by atoms with Crippen LogP contribution in [-0.4, -0.2) is 16.7 Å². The van der Waals surface area contributed by atoms with Crippen molar-refractivity contribution in [1.82, 2.24) is 9.99 Å². The van der Waals surface area contributed by atoms with Gasteiger partial charge in [0, 0.05) is 33.5 Å². The van der Waals surface area contributed by atoms with E-state index in [1.165, 1.54) is 5.56 Å². The second kappa shape index (κ2) is 7.79. The molecule has 0 unspecified atom stereocenters. The Hall–Kier alpha value is -1.88. The number of carbonyl (C=O) groups excluding carboxylic acids is 1. The molecule has 2 aromatic rings. The van der Waals surface area contributed by atoms with Gasteiger partial charge in [0.1, 0.15) is 0 Å². The summed E-state index contributed by atoms with van der Waals surface area (Å²) >= 11 is 3.65. The van der Waals surface area contributed by atoms with E-state index >= 15 is 0 Å². The number of hydrogen-bond acceptors (Lipinski definition) is 2. The molecule has 2 rings (SSSR count). The topological polar surface area (TPSA) is 46.4 Å². The molecule has 0 radical (unpaired) electrons. The van der Waals surface area contributed by atoms with Gasteiger partial charge in [0.2, 0.25) is 5.91 Å². The van der Waals surface area contributed by atoms with Gasteiger partial charge in [-0.1, -0.05) is 31.5 Å². The van der Waals surface area contributed by atoms with Gasteiger partial charge in [0.05, 0.1) is 6.21 Å². The molecule has 0 saturated carbocycles. The number of carbonyl (C=O) groups is 1. The quantitative estimate of drug-likeness (QED) is 0.586. The number of amides is 1. The SMILES string of the molecule is Cc1ccc(-n2c(C)c(Br)c(/C=N\NC(=O)CC(C)C)c2C)cc1. The van der Waals surface area contributed by atoms with Gasteiger partial charge in [-0.25, -0.2) is 5.43 Å². The third-order valence-corrected chi connectivity index (χ3v) is 4.88. The van der Waals surface area contributed by atoms with E-state index in [-0.39, 0.29) is 5.91 Å². The first-order valence-corrected chi connectivity index (χ1v) is 8.87. The smallest absolute Gasteiger partial charge is 0.240 e. The van der Waals surface area contributed by atoms with Crippen molar-refractivity contribution in [2.24, 2.45) is 11.0 Å². The normalized spacial score (nSPS) is 11.5. The maximum atomic E-state index is 11.7. The van der Waals surface area contributed by atoms with Crippen LogP contribution in [0, 0.1) is 26.7 Å². The first kappa shape index (κ1) is 18.5. The third-order valence-electron chi connectivity index (χ3n) is 3.88. The third kappa shape index (κ3) is 4.15. The fourth-order valence-electron chi connectivity index (χ4n) is 2.64. The number of hydrogen-bond donors (Lipinski definition) is 1. The first-order chi connectivity index (χ1) is 11.3. The maximum Gasteiger partial charge on any atom is 0.240 e. The van der Waals surface area contributed by atoms with E-state index in [0.29, 0.717) is 12.3 Å². The van der Waals surface area contributed by atoms with Gasteiger partial charge in [-0.2, -0.15) is 5.10 Å². The molecule has 1 aromatic carbocycles. The van der Waals surface area contributed by atoms with Crippen LogP contribution in [-0.2, 0) is 4.79 Å². The molecule has 4 nitrogen and oxygen atoms in total. The molecular weight excluding hydrogens is 366 g/mol. The number of halogens is 1. The second-order valence-corrected chi connectivity index (χ2v) is 7.25. The standard InChI is InChI=1S/C19H24BrN3O/c1-12(2)10-18(24)22-21-11-17-14(4)23(15(5)19(17)20)16-8-6-13(3)7-9-16/h6-9,11-12H,10H2,1-5H3,(H,22,24)/b21-11-. The number of nitrogens with one attached hydrogen (secondary N) is 1. The molecule has 1 amide bonds. The Labute approximate surface area is 152 Å².